The van der Waals surface area contributed by atoms with Crippen LogP contribution in [0.15, 0.2) is 41.3 Å². The first kappa shape index (κ1) is 15.5. The molecule has 5 nitrogen and oxygen atoms in total. The van der Waals surface area contributed by atoms with E-state index in [9.17, 15) is 19.3 Å². The Morgan fingerprint density at radius 1 is 1.35 bits per heavy atom. The summed E-state index contributed by atoms with van der Waals surface area (Å²) < 4.78 is 13.3. The Balaban J connectivity index is 1.74. The van der Waals surface area contributed by atoms with Gasteiger partial charge in [0.2, 0.25) is 11.7 Å². The number of anilines is 1. The van der Waals surface area contributed by atoms with Crippen molar-refractivity contribution in [1.29, 1.82) is 0 Å². The molecule has 0 saturated heterocycles. The van der Waals surface area contributed by atoms with Gasteiger partial charge >= 0.3 is 5.69 Å². The number of benzene rings is 2. The minimum atomic E-state index is -0.925. The van der Waals surface area contributed by atoms with E-state index in [2.05, 4.69) is 5.32 Å². The monoisotopic (exact) mass is 332 g/mol. The number of hydrogen-bond donors (Lipinski definition) is 1. The van der Waals surface area contributed by atoms with E-state index in [4.69, 9.17) is 0 Å². The van der Waals surface area contributed by atoms with Gasteiger partial charge in [0.05, 0.1) is 10.2 Å². The molecule has 0 bridgehead atoms. The Morgan fingerprint density at radius 2 is 2.13 bits per heavy atom. The molecule has 1 heterocycles. The Labute approximate surface area is 136 Å². The number of halogens is 1. The van der Waals surface area contributed by atoms with E-state index >= 15 is 0 Å². The van der Waals surface area contributed by atoms with Crippen molar-refractivity contribution >= 4 is 29.0 Å². The molecule has 0 spiro atoms. The van der Waals surface area contributed by atoms with E-state index in [1.54, 1.807) is 0 Å². The second kappa shape index (κ2) is 6.00. The fourth-order valence-corrected chi connectivity index (χ4v) is 3.73. The van der Waals surface area contributed by atoms with Gasteiger partial charge in [-0.3, -0.25) is 14.9 Å². The van der Waals surface area contributed by atoms with Crippen LogP contribution in [0.5, 0.6) is 0 Å². The molecule has 1 aliphatic heterocycles. The van der Waals surface area contributed by atoms with Gasteiger partial charge in [-0.15, -0.1) is 11.8 Å². The van der Waals surface area contributed by atoms with Crippen molar-refractivity contribution in [3.63, 3.8) is 0 Å². The summed E-state index contributed by atoms with van der Waals surface area (Å²) in [6, 6.07) is 9.38. The van der Waals surface area contributed by atoms with Gasteiger partial charge in [0, 0.05) is 16.6 Å². The maximum absolute atomic E-state index is 13.3. The molecule has 2 aromatic carbocycles. The average molecular weight is 332 g/mol. The van der Waals surface area contributed by atoms with Gasteiger partial charge in [-0.05, 0) is 37.1 Å². The Hall–Kier alpha value is -2.41. The predicted octanol–water partition coefficient (Wildman–Crippen LogP) is 3.70. The minimum absolute atomic E-state index is 0.218. The summed E-state index contributed by atoms with van der Waals surface area (Å²) in [5.74, 6) is -1.17. The summed E-state index contributed by atoms with van der Waals surface area (Å²) in [5.41, 5.74) is 1.81. The molecule has 1 atom stereocenters. The van der Waals surface area contributed by atoms with E-state index < -0.39 is 16.4 Å². The van der Waals surface area contributed by atoms with E-state index in [-0.39, 0.29) is 16.8 Å². The first-order valence-corrected chi connectivity index (χ1v) is 7.83. The van der Waals surface area contributed by atoms with Crippen LogP contribution in [0.2, 0.25) is 0 Å². The third kappa shape index (κ3) is 3.19. The average Bonchev–Trinajstić information content (AvgIpc) is 2.92. The summed E-state index contributed by atoms with van der Waals surface area (Å²) in [5, 5.41) is 13.1. The number of nitro benzene ring substituents is 1. The van der Waals surface area contributed by atoms with E-state index in [0.29, 0.717) is 6.42 Å². The van der Waals surface area contributed by atoms with E-state index in [0.717, 1.165) is 28.2 Å². The molecule has 0 unspecified atom stereocenters. The smallest absolute Gasteiger partial charge is 0.306 e. The van der Waals surface area contributed by atoms with Crippen molar-refractivity contribution < 1.29 is 14.1 Å². The molecular weight excluding hydrogens is 319 g/mol. The Bertz CT molecular complexity index is 810. The normalized spacial score (nSPS) is 16.0. The molecule has 0 fully saturated rings. The molecule has 0 aliphatic carbocycles. The Morgan fingerprint density at radius 3 is 2.87 bits per heavy atom. The number of aryl methyl sites for hydroxylation is 1. The van der Waals surface area contributed by atoms with Crippen molar-refractivity contribution in [2.45, 2.75) is 23.5 Å². The molecule has 0 saturated carbocycles. The molecule has 118 valence electrons. The van der Waals surface area contributed by atoms with Gasteiger partial charge in [0.15, 0.2) is 0 Å². The summed E-state index contributed by atoms with van der Waals surface area (Å²) in [6.45, 7) is 1.99. The third-order valence-electron chi connectivity index (χ3n) is 3.60. The largest absolute Gasteiger partial charge is 0.325 e. The molecule has 0 radical (unpaired) electrons. The highest BCUT2D eigenvalue weighted by molar-refractivity contribution is 8.01. The number of nitrogens with zero attached hydrogens (tertiary/aromatic N) is 1. The van der Waals surface area contributed by atoms with Crippen LogP contribution in [-0.2, 0) is 11.2 Å². The lowest BCUT2D eigenvalue weighted by Crippen LogP contribution is -2.24. The molecule has 7 heteroatoms. The lowest BCUT2D eigenvalue weighted by Gasteiger charge is -2.10. The van der Waals surface area contributed by atoms with Crippen molar-refractivity contribution in [2.75, 3.05) is 5.32 Å². The molecule has 3 rings (SSSR count). The van der Waals surface area contributed by atoms with Crippen molar-refractivity contribution in [3.8, 4) is 0 Å². The highest BCUT2D eigenvalue weighted by Gasteiger charge is 2.28. The SMILES string of the molecule is Cc1ccc2c(c1)S[C@@H](C(=O)Nc1ccc(F)c([N+](=O)[O-])c1)C2. The summed E-state index contributed by atoms with van der Waals surface area (Å²) in [6.07, 6.45) is 0.607. The number of fused-ring (bicyclic) bond motifs is 1. The number of amides is 1. The van der Waals surface area contributed by atoms with Crippen molar-refractivity contribution in [1.82, 2.24) is 0 Å². The van der Waals surface area contributed by atoms with Crippen molar-refractivity contribution in [2.24, 2.45) is 0 Å². The number of rotatable bonds is 3. The molecule has 1 amide bonds. The highest BCUT2D eigenvalue weighted by atomic mass is 32.2. The molecule has 1 N–H and O–H groups in total. The molecule has 1 aliphatic rings. The zero-order valence-electron chi connectivity index (χ0n) is 12.2. The van der Waals surface area contributed by atoms with Crippen LogP contribution in [0, 0.1) is 22.9 Å². The lowest BCUT2D eigenvalue weighted by atomic mass is 10.1. The third-order valence-corrected chi connectivity index (χ3v) is 4.90. The number of thioether (sulfide) groups is 1. The molecular formula is C16H13FN2O3S. The van der Waals surface area contributed by atoms with Crippen LogP contribution in [0.3, 0.4) is 0 Å². The van der Waals surface area contributed by atoms with Crippen LogP contribution in [-0.4, -0.2) is 16.1 Å². The van der Waals surface area contributed by atoms with Gasteiger partial charge < -0.3 is 5.32 Å². The second-order valence-corrected chi connectivity index (χ2v) is 6.58. The maximum Gasteiger partial charge on any atom is 0.306 e. The van der Waals surface area contributed by atoms with Crippen LogP contribution < -0.4 is 5.32 Å². The maximum atomic E-state index is 13.3. The van der Waals surface area contributed by atoms with Crippen LogP contribution >= 0.6 is 11.8 Å². The number of nitrogens with one attached hydrogen (secondary N) is 1. The minimum Gasteiger partial charge on any atom is -0.325 e. The van der Waals surface area contributed by atoms with Crippen LogP contribution in [0.1, 0.15) is 11.1 Å². The van der Waals surface area contributed by atoms with Crippen molar-refractivity contribution in [3.05, 3.63) is 63.5 Å². The summed E-state index contributed by atoms with van der Waals surface area (Å²) in [4.78, 5) is 23.4. The predicted molar refractivity (Wildman–Crippen MR) is 86.2 cm³/mol. The van der Waals surface area contributed by atoms with Gasteiger partial charge in [0.25, 0.3) is 0 Å². The topological polar surface area (TPSA) is 72.2 Å². The number of carbonyl (C=O) groups excluding carboxylic acids is 1. The zero-order chi connectivity index (χ0) is 16.6. The van der Waals surface area contributed by atoms with Crippen LogP contribution in [0.4, 0.5) is 15.8 Å². The van der Waals surface area contributed by atoms with Gasteiger partial charge in [0.1, 0.15) is 0 Å². The number of nitro groups is 1. The first-order valence-electron chi connectivity index (χ1n) is 6.95. The highest BCUT2D eigenvalue weighted by Crippen LogP contribution is 2.38. The summed E-state index contributed by atoms with van der Waals surface area (Å²) in [7, 11) is 0. The lowest BCUT2D eigenvalue weighted by molar-refractivity contribution is -0.387. The number of carbonyl (C=O) groups is 1. The van der Waals surface area contributed by atoms with Gasteiger partial charge in [-0.2, -0.15) is 4.39 Å². The fraction of sp³-hybridized carbons (Fsp3) is 0.188. The quantitative estimate of drug-likeness (QED) is 0.687. The summed E-state index contributed by atoms with van der Waals surface area (Å²) >= 11 is 1.47. The molecule has 2 aromatic rings. The zero-order valence-corrected chi connectivity index (χ0v) is 13.0. The van der Waals surface area contributed by atoms with E-state index in [1.807, 2.05) is 25.1 Å². The second-order valence-electron chi connectivity index (χ2n) is 5.33. The fourth-order valence-electron chi connectivity index (χ4n) is 2.43. The molecule has 23 heavy (non-hydrogen) atoms. The van der Waals surface area contributed by atoms with Gasteiger partial charge in [-0.25, -0.2) is 0 Å². The van der Waals surface area contributed by atoms with Crippen LogP contribution in [0.25, 0.3) is 0 Å². The molecule has 0 aromatic heterocycles. The first-order chi connectivity index (χ1) is 10.9. The Kier molecular flexibility index (Phi) is 4.04. The number of hydrogen-bond acceptors (Lipinski definition) is 4. The standard InChI is InChI=1S/C16H13FN2O3S/c1-9-2-3-10-7-15(23-14(10)6-9)16(20)18-11-4-5-12(17)13(8-11)19(21)22/h2-6,8,15H,7H2,1H3,(H,18,20)/t15-/m1/s1. The van der Waals surface area contributed by atoms with E-state index in [1.165, 1.54) is 17.8 Å². The van der Waals surface area contributed by atoms with Gasteiger partial charge in [-0.1, -0.05) is 17.7 Å².